The summed E-state index contributed by atoms with van der Waals surface area (Å²) in [6.07, 6.45) is 3.18. The van der Waals surface area contributed by atoms with E-state index in [2.05, 4.69) is 20.8 Å². The Labute approximate surface area is 92.0 Å². The summed E-state index contributed by atoms with van der Waals surface area (Å²) in [6, 6.07) is 0. The lowest BCUT2D eigenvalue weighted by Gasteiger charge is -2.40. The van der Waals surface area contributed by atoms with Gasteiger partial charge in [-0.05, 0) is 41.9 Å². The Bertz CT molecular complexity index is 371. The topological polar surface area (TPSA) is 54.4 Å². The zero-order chi connectivity index (χ0) is 11.5. The Hall–Kier alpha value is -0.0900. The summed E-state index contributed by atoms with van der Waals surface area (Å²) in [5.41, 5.74) is -0.131. The molecule has 2 fully saturated rings. The molecule has 0 aromatic rings. The largest absolute Gasteiger partial charge is 0.286 e. The summed E-state index contributed by atoms with van der Waals surface area (Å²) in [7, 11) is -3.86. The van der Waals surface area contributed by atoms with Crippen molar-refractivity contribution in [3.63, 3.8) is 0 Å². The average Bonchev–Trinajstić information content (AvgIpc) is 2.34. The molecule has 0 amide bonds. The van der Waals surface area contributed by atoms with Crippen LogP contribution in [0.4, 0.5) is 0 Å². The van der Waals surface area contributed by atoms with Crippen LogP contribution in [0.5, 0.6) is 0 Å². The Morgan fingerprint density at radius 3 is 2.33 bits per heavy atom. The van der Waals surface area contributed by atoms with E-state index in [9.17, 15) is 8.42 Å². The molecule has 0 spiro atoms. The highest BCUT2D eigenvalue weighted by molar-refractivity contribution is 7.85. The molecule has 0 heterocycles. The minimum Gasteiger partial charge on any atom is -0.286 e. The standard InChI is InChI=1S/C11H20O3S/c1-8-6-9-4-5-11(8,10(9,2)3)7-15(12,13)14/h8-9H,4-7H2,1-3H3,(H,12,13,14)/t8?,9?,11-/m0/s1. The fraction of sp³-hybridized carbons (Fsp3) is 1.00. The summed E-state index contributed by atoms with van der Waals surface area (Å²) in [5, 5.41) is 0. The van der Waals surface area contributed by atoms with Crippen molar-refractivity contribution in [1.29, 1.82) is 0 Å². The van der Waals surface area contributed by atoms with Crippen LogP contribution in [-0.4, -0.2) is 18.7 Å². The van der Waals surface area contributed by atoms with Crippen LogP contribution in [0.1, 0.15) is 40.0 Å². The first-order valence-corrected chi connectivity index (χ1v) is 7.25. The molecule has 0 aromatic heterocycles. The third kappa shape index (κ3) is 1.45. The van der Waals surface area contributed by atoms with Gasteiger partial charge in [0.15, 0.2) is 0 Å². The predicted molar refractivity (Wildman–Crippen MR) is 59.1 cm³/mol. The van der Waals surface area contributed by atoms with Gasteiger partial charge in [-0.1, -0.05) is 20.8 Å². The van der Waals surface area contributed by atoms with Crippen LogP contribution in [0.15, 0.2) is 0 Å². The minimum absolute atomic E-state index is 0.0509. The first kappa shape index (κ1) is 11.4. The molecule has 2 aliphatic rings. The van der Waals surface area contributed by atoms with Gasteiger partial charge >= 0.3 is 0 Å². The van der Waals surface area contributed by atoms with Crippen LogP contribution in [0.2, 0.25) is 0 Å². The zero-order valence-electron chi connectivity index (χ0n) is 9.66. The monoisotopic (exact) mass is 232 g/mol. The quantitative estimate of drug-likeness (QED) is 0.743. The van der Waals surface area contributed by atoms with Crippen molar-refractivity contribution in [3.8, 4) is 0 Å². The van der Waals surface area contributed by atoms with E-state index in [-0.39, 0.29) is 16.6 Å². The molecule has 0 saturated heterocycles. The maximum Gasteiger partial charge on any atom is 0.265 e. The fourth-order valence-corrected chi connectivity index (χ4v) is 5.65. The molecular weight excluding hydrogens is 212 g/mol. The molecule has 3 atom stereocenters. The van der Waals surface area contributed by atoms with Crippen molar-refractivity contribution in [3.05, 3.63) is 0 Å². The molecule has 88 valence electrons. The van der Waals surface area contributed by atoms with Crippen molar-refractivity contribution in [1.82, 2.24) is 0 Å². The second-order valence-electron chi connectivity index (χ2n) is 5.98. The summed E-state index contributed by atoms with van der Waals surface area (Å²) >= 11 is 0. The Kier molecular flexibility index (Phi) is 2.26. The van der Waals surface area contributed by atoms with Crippen molar-refractivity contribution in [2.75, 3.05) is 5.75 Å². The van der Waals surface area contributed by atoms with Crippen LogP contribution in [-0.2, 0) is 10.1 Å². The number of rotatable bonds is 2. The van der Waals surface area contributed by atoms with E-state index >= 15 is 0 Å². The minimum atomic E-state index is -3.86. The average molecular weight is 232 g/mol. The van der Waals surface area contributed by atoms with E-state index in [4.69, 9.17) is 4.55 Å². The first-order valence-electron chi connectivity index (χ1n) is 5.64. The van der Waals surface area contributed by atoms with Gasteiger partial charge < -0.3 is 0 Å². The lowest BCUT2D eigenvalue weighted by atomic mass is 9.67. The van der Waals surface area contributed by atoms with Crippen LogP contribution in [0, 0.1) is 22.7 Å². The van der Waals surface area contributed by atoms with E-state index in [1.807, 2.05) is 0 Å². The molecule has 2 saturated carbocycles. The summed E-state index contributed by atoms with van der Waals surface area (Å²) < 4.78 is 31.4. The lowest BCUT2D eigenvalue weighted by Crippen LogP contribution is -2.40. The third-order valence-electron chi connectivity index (χ3n) is 5.26. The fourth-order valence-electron chi connectivity index (χ4n) is 4.19. The smallest absolute Gasteiger partial charge is 0.265 e. The first-order chi connectivity index (χ1) is 6.69. The van der Waals surface area contributed by atoms with Gasteiger partial charge in [0.25, 0.3) is 10.1 Å². The van der Waals surface area contributed by atoms with Crippen LogP contribution >= 0.6 is 0 Å². The highest BCUT2D eigenvalue weighted by atomic mass is 32.2. The lowest BCUT2D eigenvalue weighted by molar-refractivity contribution is 0.113. The Balaban J connectivity index is 2.40. The third-order valence-corrected chi connectivity index (χ3v) is 6.14. The zero-order valence-corrected chi connectivity index (χ0v) is 10.5. The molecule has 2 bridgehead atoms. The van der Waals surface area contributed by atoms with Gasteiger partial charge in [-0.2, -0.15) is 8.42 Å². The Morgan fingerprint density at radius 1 is 1.40 bits per heavy atom. The van der Waals surface area contributed by atoms with E-state index < -0.39 is 10.1 Å². The SMILES string of the molecule is CC1CC2CC[C@@]1(CS(=O)(=O)O)C2(C)C. The van der Waals surface area contributed by atoms with Gasteiger partial charge in [0.1, 0.15) is 0 Å². The van der Waals surface area contributed by atoms with E-state index in [1.165, 1.54) is 0 Å². The van der Waals surface area contributed by atoms with Crippen LogP contribution < -0.4 is 0 Å². The van der Waals surface area contributed by atoms with Gasteiger partial charge in [0.2, 0.25) is 0 Å². The van der Waals surface area contributed by atoms with Gasteiger partial charge in [0.05, 0.1) is 5.75 Å². The molecular formula is C11H20O3S. The molecule has 0 radical (unpaired) electrons. The summed E-state index contributed by atoms with van der Waals surface area (Å²) in [6.45, 7) is 6.46. The highest BCUT2D eigenvalue weighted by Crippen LogP contribution is 2.68. The molecule has 0 aromatic carbocycles. The number of fused-ring (bicyclic) bond motifs is 2. The Morgan fingerprint density at radius 2 is 2.00 bits per heavy atom. The van der Waals surface area contributed by atoms with Crippen molar-refractivity contribution in [2.45, 2.75) is 40.0 Å². The second-order valence-corrected chi connectivity index (χ2v) is 7.43. The number of hydrogen-bond donors (Lipinski definition) is 1. The van der Waals surface area contributed by atoms with E-state index in [0.717, 1.165) is 19.3 Å². The van der Waals surface area contributed by atoms with Crippen LogP contribution in [0.25, 0.3) is 0 Å². The maximum absolute atomic E-state index is 11.2. The molecule has 2 unspecified atom stereocenters. The molecule has 2 rings (SSSR count). The molecule has 15 heavy (non-hydrogen) atoms. The van der Waals surface area contributed by atoms with Gasteiger partial charge in [-0.15, -0.1) is 0 Å². The highest BCUT2D eigenvalue weighted by Gasteiger charge is 2.63. The van der Waals surface area contributed by atoms with E-state index in [0.29, 0.717) is 11.8 Å². The molecule has 0 aliphatic heterocycles. The van der Waals surface area contributed by atoms with Crippen molar-refractivity contribution in [2.24, 2.45) is 22.7 Å². The molecule has 4 heteroatoms. The molecule has 1 N–H and O–H groups in total. The second kappa shape index (κ2) is 2.98. The maximum atomic E-state index is 11.2. The number of hydrogen-bond acceptors (Lipinski definition) is 2. The molecule has 3 nitrogen and oxygen atoms in total. The van der Waals surface area contributed by atoms with Gasteiger partial charge in [0, 0.05) is 0 Å². The van der Waals surface area contributed by atoms with Crippen LogP contribution in [0.3, 0.4) is 0 Å². The normalized spacial score (nSPS) is 43.5. The summed E-state index contributed by atoms with van der Waals surface area (Å²) in [5.74, 6) is 0.993. The van der Waals surface area contributed by atoms with Crippen molar-refractivity contribution >= 4 is 10.1 Å². The van der Waals surface area contributed by atoms with Gasteiger partial charge in [-0.25, -0.2) is 0 Å². The summed E-state index contributed by atoms with van der Waals surface area (Å²) in [4.78, 5) is 0. The molecule has 2 aliphatic carbocycles. The van der Waals surface area contributed by atoms with Gasteiger partial charge in [-0.3, -0.25) is 4.55 Å². The van der Waals surface area contributed by atoms with Crippen molar-refractivity contribution < 1.29 is 13.0 Å². The predicted octanol–water partition coefficient (Wildman–Crippen LogP) is 2.34. The van der Waals surface area contributed by atoms with E-state index in [1.54, 1.807) is 0 Å².